The Kier molecular flexibility index (Phi) is 6.92. The number of hydrogen-bond donors (Lipinski definition) is 2. The fourth-order valence-corrected chi connectivity index (χ4v) is 4.77. The fourth-order valence-electron chi connectivity index (χ4n) is 4.77. The van der Waals surface area contributed by atoms with E-state index < -0.39 is 17.7 Å². The maximum atomic E-state index is 15.1. The first-order valence-electron chi connectivity index (χ1n) is 12.3. The molecule has 9 nitrogen and oxygen atoms in total. The van der Waals surface area contributed by atoms with Crippen molar-refractivity contribution in [2.75, 3.05) is 44.2 Å². The molecule has 5 heterocycles. The lowest BCUT2D eigenvalue weighted by molar-refractivity contribution is 0.0819. The van der Waals surface area contributed by atoms with Crippen LogP contribution in [0.1, 0.15) is 41.5 Å². The molecule has 2 N–H and O–H groups in total. The first-order chi connectivity index (χ1) is 17.4. The summed E-state index contributed by atoms with van der Waals surface area (Å²) in [4.78, 5) is 39.2. The van der Waals surface area contributed by atoms with Crippen LogP contribution in [-0.4, -0.2) is 70.0 Å². The molecule has 11 heteroatoms. The Morgan fingerprint density at radius 1 is 1.11 bits per heavy atom. The highest BCUT2D eigenvalue weighted by molar-refractivity contribution is 5.92. The monoisotopic (exact) mass is 497 g/mol. The smallest absolute Gasteiger partial charge is 0.284 e. The Bertz CT molecular complexity index is 1330. The van der Waals surface area contributed by atoms with Crippen LogP contribution in [0.15, 0.2) is 29.2 Å². The summed E-state index contributed by atoms with van der Waals surface area (Å²) in [6, 6.07) is 4.80. The number of rotatable bonds is 6. The van der Waals surface area contributed by atoms with E-state index >= 15 is 4.39 Å². The molecule has 0 unspecified atom stereocenters. The molecule has 2 aliphatic rings. The molecular formula is C25H29F2N7O2. The summed E-state index contributed by atoms with van der Waals surface area (Å²) in [5.74, 6) is -1.62. The fraction of sp³-hybridized carbons (Fsp3) is 0.440. The van der Waals surface area contributed by atoms with Crippen LogP contribution in [0.3, 0.4) is 0 Å². The number of hydrogen-bond acceptors (Lipinski definition) is 7. The molecule has 0 aromatic carbocycles. The molecule has 2 saturated heterocycles. The minimum atomic E-state index is -0.685. The van der Waals surface area contributed by atoms with Gasteiger partial charge >= 0.3 is 0 Å². The maximum absolute atomic E-state index is 15.1. The van der Waals surface area contributed by atoms with E-state index in [4.69, 9.17) is 0 Å². The van der Waals surface area contributed by atoms with Gasteiger partial charge in [0.1, 0.15) is 5.69 Å². The van der Waals surface area contributed by atoms with Crippen molar-refractivity contribution in [2.45, 2.75) is 32.7 Å². The van der Waals surface area contributed by atoms with Crippen molar-refractivity contribution in [3.05, 3.63) is 63.5 Å². The van der Waals surface area contributed by atoms with Crippen LogP contribution >= 0.6 is 0 Å². The van der Waals surface area contributed by atoms with Gasteiger partial charge in [0.05, 0.1) is 16.9 Å². The minimum Gasteiger partial charge on any atom is -0.365 e. The topological polar surface area (TPSA) is 97.5 Å². The minimum absolute atomic E-state index is 0.0451. The van der Waals surface area contributed by atoms with E-state index in [1.54, 1.807) is 18.3 Å². The van der Waals surface area contributed by atoms with E-state index in [-0.39, 0.29) is 29.0 Å². The molecule has 3 aromatic rings. The number of aromatic amines is 1. The van der Waals surface area contributed by atoms with Gasteiger partial charge in [0.2, 0.25) is 5.95 Å². The number of piperazine rings is 1. The average molecular weight is 498 g/mol. The van der Waals surface area contributed by atoms with Gasteiger partial charge in [-0.2, -0.15) is 4.39 Å². The van der Waals surface area contributed by atoms with Crippen LogP contribution in [0.2, 0.25) is 0 Å². The van der Waals surface area contributed by atoms with Gasteiger partial charge in [0.25, 0.3) is 11.5 Å². The molecule has 0 spiro atoms. The third-order valence-electron chi connectivity index (χ3n) is 6.88. The number of nitrogens with one attached hydrogen (secondary N) is 2. The van der Waals surface area contributed by atoms with Crippen LogP contribution in [0, 0.1) is 11.8 Å². The van der Waals surface area contributed by atoms with Crippen molar-refractivity contribution in [3.63, 3.8) is 0 Å². The first-order valence-corrected chi connectivity index (χ1v) is 12.3. The average Bonchev–Trinajstić information content (AvgIpc) is 3.39. The summed E-state index contributed by atoms with van der Waals surface area (Å²) in [7, 11) is 0. The second-order valence-electron chi connectivity index (χ2n) is 9.23. The highest BCUT2D eigenvalue weighted by atomic mass is 19.1. The van der Waals surface area contributed by atoms with E-state index in [0.29, 0.717) is 49.2 Å². The van der Waals surface area contributed by atoms with Crippen molar-refractivity contribution in [1.82, 2.24) is 30.3 Å². The third-order valence-corrected chi connectivity index (χ3v) is 6.88. The van der Waals surface area contributed by atoms with Crippen molar-refractivity contribution in [3.8, 4) is 0 Å². The standard InChI is InChI=1S/C25H29F2N7O2/c1-2-16-13-17-14-28-19(21(26)22(17)30-24(16)35)15-32-9-11-33(12-10-32)20-6-5-18(29-23(20)27)25(36)31-34-7-3-4-8-34/h5-6,13-14H,2-4,7-12,15H2,1H3,(H,30,35)(H,31,36). The van der Waals surface area contributed by atoms with E-state index in [1.165, 1.54) is 6.07 Å². The summed E-state index contributed by atoms with van der Waals surface area (Å²) in [6.45, 7) is 5.90. The van der Waals surface area contributed by atoms with Crippen LogP contribution in [0.4, 0.5) is 14.5 Å². The number of carbonyl (C=O) groups is 1. The predicted octanol–water partition coefficient (Wildman–Crippen LogP) is 2.22. The number of carbonyl (C=O) groups excluding carboxylic acids is 1. The van der Waals surface area contributed by atoms with Gasteiger partial charge in [-0.15, -0.1) is 0 Å². The SMILES string of the molecule is CCc1cc2cnc(CN3CCN(c4ccc(C(=O)NN5CCCC5)nc4F)CC3)c(F)c2[nH]c1=O. The Labute approximate surface area is 207 Å². The second kappa shape index (κ2) is 10.3. The molecule has 0 aliphatic carbocycles. The molecule has 0 saturated carbocycles. The third kappa shape index (κ3) is 4.93. The van der Waals surface area contributed by atoms with Gasteiger partial charge in [-0.05, 0) is 37.5 Å². The molecule has 3 aromatic heterocycles. The maximum Gasteiger partial charge on any atom is 0.284 e. The second-order valence-corrected chi connectivity index (χ2v) is 9.23. The molecule has 0 atom stereocenters. The summed E-state index contributed by atoms with van der Waals surface area (Å²) in [6.07, 6.45) is 4.19. The Morgan fingerprint density at radius 3 is 2.56 bits per heavy atom. The molecule has 0 radical (unpaired) electrons. The number of nitrogens with zero attached hydrogens (tertiary/aromatic N) is 5. The number of halogens is 2. The van der Waals surface area contributed by atoms with Gasteiger partial charge < -0.3 is 9.88 Å². The summed E-state index contributed by atoms with van der Waals surface area (Å²) in [5.41, 5.74) is 3.88. The van der Waals surface area contributed by atoms with Crippen LogP contribution in [0.25, 0.3) is 10.9 Å². The van der Waals surface area contributed by atoms with E-state index in [1.807, 2.05) is 21.7 Å². The normalized spacial score (nSPS) is 17.1. The van der Waals surface area contributed by atoms with Crippen molar-refractivity contribution in [1.29, 1.82) is 0 Å². The van der Waals surface area contributed by atoms with Gasteiger partial charge in [-0.3, -0.25) is 24.9 Å². The van der Waals surface area contributed by atoms with Crippen LogP contribution < -0.4 is 15.9 Å². The highest BCUT2D eigenvalue weighted by Crippen LogP contribution is 2.22. The summed E-state index contributed by atoms with van der Waals surface area (Å²) in [5, 5.41) is 2.39. The first kappa shape index (κ1) is 24.3. The van der Waals surface area contributed by atoms with E-state index in [0.717, 1.165) is 25.9 Å². The lowest BCUT2D eigenvalue weighted by Gasteiger charge is -2.35. The molecule has 190 valence electrons. The Morgan fingerprint density at radius 2 is 1.86 bits per heavy atom. The van der Waals surface area contributed by atoms with Crippen LogP contribution in [-0.2, 0) is 13.0 Å². The zero-order valence-corrected chi connectivity index (χ0v) is 20.2. The van der Waals surface area contributed by atoms with E-state index in [9.17, 15) is 14.0 Å². The van der Waals surface area contributed by atoms with Gasteiger partial charge in [-0.25, -0.2) is 14.4 Å². The highest BCUT2D eigenvalue weighted by Gasteiger charge is 2.24. The number of pyridine rings is 3. The molecule has 2 aliphatic heterocycles. The number of anilines is 1. The number of aromatic nitrogens is 3. The van der Waals surface area contributed by atoms with Crippen LogP contribution in [0.5, 0.6) is 0 Å². The van der Waals surface area contributed by atoms with E-state index in [2.05, 4.69) is 20.4 Å². The lowest BCUT2D eigenvalue weighted by Crippen LogP contribution is -2.46. The molecule has 1 amide bonds. The van der Waals surface area contributed by atoms with Gasteiger partial charge in [0.15, 0.2) is 5.82 Å². The number of H-pyrrole nitrogens is 1. The zero-order valence-electron chi connectivity index (χ0n) is 20.2. The predicted molar refractivity (Wildman–Crippen MR) is 132 cm³/mol. The number of aryl methyl sites for hydroxylation is 1. The molecule has 2 fully saturated rings. The zero-order chi connectivity index (χ0) is 25.2. The largest absolute Gasteiger partial charge is 0.365 e. The van der Waals surface area contributed by atoms with Gasteiger partial charge in [-0.1, -0.05) is 6.92 Å². The van der Waals surface area contributed by atoms with Crippen molar-refractivity contribution < 1.29 is 13.6 Å². The lowest BCUT2D eigenvalue weighted by atomic mass is 10.1. The van der Waals surface area contributed by atoms with Gasteiger partial charge in [0, 0.05) is 63.0 Å². The number of hydrazine groups is 1. The molecule has 36 heavy (non-hydrogen) atoms. The van der Waals surface area contributed by atoms with Crippen molar-refractivity contribution in [2.24, 2.45) is 0 Å². The quantitative estimate of drug-likeness (QED) is 0.504. The Balaban J connectivity index is 1.22. The Hall–Kier alpha value is -3.44. The molecular weight excluding hydrogens is 468 g/mol. The summed E-state index contributed by atoms with van der Waals surface area (Å²) >= 11 is 0. The van der Waals surface area contributed by atoms with Crippen molar-refractivity contribution >= 4 is 22.5 Å². The molecule has 5 rings (SSSR count). The molecule has 0 bridgehead atoms. The number of amides is 1. The summed E-state index contributed by atoms with van der Waals surface area (Å²) < 4.78 is 29.9. The number of fused-ring (bicyclic) bond motifs is 1.